The molecular weight excluding hydrogens is 230 g/mol. The van der Waals surface area contributed by atoms with Gasteiger partial charge in [-0.15, -0.1) is 0 Å². The van der Waals surface area contributed by atoms with Gasteiger partial charge >= 0.3 is 0 Å². The number of rotatable bonds is 7. The van der Waals surface area contributed by atoms with Crippen LogP contribution in [0.3, 0.4) is 0 Å². The molecule has 0 saturated carbocycles. The van der Waals surface area contributed by atoms with Crippen molar-refractivity contribution in [3.8, 4) is 11.5 Å². The van der Waals surface area contributed by atoms with E-state index >= 15 is 0 Å². The van der Waals surface area contributed by atoms with E-state index in [1.54, 1.807) is 14.2 Å². The summed E-state index contributed by atoms with van der Waals surface area (Å²) in [6.07, 6.45) is 1.00. The van der Waals surface area contributed by atoms with Gasteiger partial charge in [0.1, 0.15) is 0 Å². The lowest BCUT2D eigenvalue weighted by molar-refractivity contribution is 0.229. The van der Waals surface area contributed by atoms with E-state index in [1.807, 2.05) is 18.2 Å². The SMILES string of the molecule is CCC(C)NC(CO)c1cccc(OC)c1OC. The maximum atomic E-state index is 9.55. The smallest absolute Gasteiger partial charge is 0.165 e. The molecular formula is C14H23NO3. The summed E-state index contributed by atoms with van der Waals surface area (Å²) in [6.45, 7) is 4.22. The number of methoxy groups -OCH3 is 2. The van der Waals surface area contributed by atoms with E-state index in [-0.39, 0.29) is 12.6 Å². The average molecular weight is 253 g/mol. The molecule has 1 aromatic carbocycles. The van der Waals surface area contributed by atoms with Gasteiger partial charge < -0.3 is 19.9 Å². The van der Waals surface area contributed by atoms with E-state index < -0.39 is 0 Å². The fourth-order valence-corrected chi connectivity index (χ4v) is 1.89. The zero-order chi connectivity index (χ0) is 13.5. The van der Waals surface area contributed by atoms with Crippen molar-refractivity contribution in [2.45, 2.75) is 32.4 Å². The Morgan fingerprint density at radius 3 is 2.50 bits per heavy atom. The minimum absolute atomic E-state index is 0.0217. The van der Waals surface area contributed by atoms with Crippen molar-refractivity contribution >= 4 is 0 Å². The van der Waals surface area contributed by atoms with Crippen LogP contribution in [0.15, 0.2) is 18.2 Å². The Balaban J connectivity index is 3.04. The maximum Gasteiger partial charge on any atom is 0.165 e. The lowest BCUT2D eigenvalue weighted by Gasteiger charge is -2.23. The first-order valence-electron chi connectivity index (χ1n) is 6.25. The van der Waals surface area contributed by atoms with Crippen LogP contribution in [0.4, 0.5) is 0 Å². The van der Waals surface area contributed by atoms with E-state index in [1.165, 1.54) is 0 Å². The number of ether oxygens (including phenoxy) is 2. The van der Waals surface area contributed by atoms with Crippen molar-refractivity contribution in [2.75, 3.05) is 20.8 Å². The summed E-state index contributed by atoms with van der Waals surface area (Å²) in [5, 5.41) is 12.9. The number of aliphatic hydroxyl groups is 1. The van der Waals surface area contributed by atoms with E-state index in [9.17, 15) is 5.11 Å². The molecule has 102 valence electrons. The van der Waals surface area contributed by atoms with Crippen molar-refractivity contribution in [1.29, 1.82) is 0 Å². The van der Waals surface area contributed by atoms with Crippen LogP contribution in [0.2, 0.25) is 0 Å². The number of hydrogen-bond acceptors (Lipinski definition) is 4. The topological polar surface area (TPSA) is 50.7 Å². The van der Waals surface area contributed by atoms with Crippen LogP contribution in [-0.2, 0) is 0 Å². The third kappa shape index (κ3) is 3.37. The molecule has 1 rings (SSSR count). The molecule has 0 heterocycles. The van der Waals surface area contributed by atoms with Crippen molar-refractivity contribution in [1.82, 2.24) is 5.32 Å². The van der Waals surface area contributed by atoms with E-state index in [2.05, 4.69) is 19.2 Å². The Morgan fingerprint density at radius 2 is 2.00 bits per heavy atom. The van der Waals surface area contributed by atoms with Gasteiger partial charge in [-0.2, -0.15) is 0 Å². The zero-order valence-corrected chi connectivity index (χ0v) is 11.6. The third-order valence-corrected chi connectivity index (χ3v) is 3.09. The van der Waals surface area contributed by atoms with E-state index in [4.69, 9.17) is 9.47 Å². The number of nitrogens with one attached hydrogen (secondary N) is 1. The monoisotopic (exact) mass is 253 g/mol. The predicted molar refractivity (Wildman–Crippen MR) is 72.3 cm³/mol. The molecule has 18 heavy (non-hydrogen) atoms. The maximum absolute atomic E-state index is 9.55. The minimum atomic E-state index is -0.148. The van der Waals surface area contributed by atoms with Crippen molar-refractivity contribution in [2.24, 2.45) is 0 Å². The van der Waals surface area contributed by atoms with E-state index in [0.717, 1.165) is 12.0 Å². The molecule has 0 spiro atoms. The Morgan fingerprint density at radius 1 is 1.28 bits per heavy atom. The molecule has 2 atom stereocenters. The normalized spacial score (nSPS) is 14.1. The molecule has 0 amide bonds. The van der Waals surface area contributed by atoms with Crippen LogP contribution in [-0.4, -0.2) is 32.0 Å². The average Bonchev–Trinajstić information content (AvgIpc) is 2.43. The van der Waals surface area contributed by atoms with Gasteiger partial charge in [0.05, 0.1) is 26.9 Å². The van der Waals surface area contributed by atoms with Crippen LogP contribution < -0.4 is 14.8 Å². The summed E-state index contributed by atoms with van der Waals surface area (Å²) >= 11 is 0. The van der Waals surface area contributed by atoms with Gasteiger partial charge in [-0.3, -0.25) is 0 Å². The molecule has 0 bridgehead atoms. The molecule has 0 radical (unpaired) electrons. The van der Waals surface area contributed by atoms with Gasteiger partial charge in [-0.05, 0) is 19.4 Å². The summed E-state index contributed by atoms with van der Waals surface area (Å²) in [4.78, 5) is 0. The molecule has 0 aromatic heterocycles. The summed E-state index contributed by atoms with van der Waals surface area (Å²) in [7, 11) is 3.22. The Labute approximate surface area is 109 Å². The van der Waals surface area contributed by atoms with Crippen LogP contribution in [0.5, 0.6) is 11.5 Å². The van der Waals surface area contributed by atoms with Crippen LogP contribution >= 0.6 is 0 Å². The quantitative estimate of drug-likeness (QED) is 0.781. The molecule has 1 aromatic rings. The molecule has 0 aliphatic heterocycles. The molecule has 4 heteroatoms. The lowest BCUT2D eigenvalue weighted by Crippen LogP contribution is -2.32. The molecule has 2 unspecified atom stereocenters. The number of para-hydroxylation sites is 1. The molecule has 2 N–H and O–H groups in total. The van der Waals surface area contributed by atoms with Gasteiger partial charge in [0.25, 0.3) is 0 Å². The highest BCUT2D eigenvalue weighted by atomic mass is 16.5. The molecule has 4 nitrogen and oxygen atoms in total. The van der Waals surface area contributed by atoms with Crippen molar-refractivity contribution in [3.63, 3.8) is 0 Å². The highest BCUT2D eigenvalue weighted by Gasteiger charge is 2.19. The van der Waals surface area contributed by atoms with Crippen LogP contribution in [0, 0.1) is 0 Å². The predicted octanol–water partition coefficient (Wildman–Crippen LogP) is 2.13. The summed E-state index contributed by atoms with van der Waals surface area (Å²) in [5.41, 5.74) is 0.916. The molecule has 0 aliphatic carbocycles. The van der Waals surface area contributed by atoms with Gasteiger partial charge in [0.15, 0.2) is 11.5 Å². The van der Waals surface area contributed by atoms with Crippen molar-refractivity contribution in [3.05, 3.63) is 23.8 Å². The fraction of sp³-hybridized carbons (Fsp3) is 0.571. The number of aliphatic hydroxyl groups excluding tert-OH is 1. The second kappa shape index (κ2) is 7.24. The highest BCUT2D eigenvalue weighted by Crippen LogP contribution is 2.34. The summed E-state index contributed by atoms with van der Waals surface area (Å²) < 4.78 is 10.7. The second-order valence-corrected chi connectivity index (χ2v) is 4.29. The Bertz CT molecular complexity index is 368. The largest absolute Gasteiger partial charge is 0.493 e. The lowest BCUT2D eigenvalue weighted by atomic mass is 10.0. The van der Waals surface area contributed by atoms with Gasteiger partial charge in [-0.25, -0.2) is 0 Å². The molecule has 0 aliphatic rings. The van der Waals surface area contributed by atoms with Gasteiger partial charge in [0, 0.05) is 11.6 Å². The second-order valence-electron chi connectivity index (χ2n) is 4.29. The Hall–Kier alpha value is -1.26. The highest BCUT2D eigenvalue weighted by molar-refractivity contribution is 5.48. The zero-order valence-electron chi connectivity index (χ0n) is 11.6. The van der Waals surface area contributed by atoms with Gasteiger partial charge in [-0.1, -0.05) is 19.1 Å². The standard InChI is InChI=1S/C14H23NO3/c1-5-10(2)15-12(9-16)11-7-6-8-13(17-3)14(11)18-4/h6-8,10,12,15-16H,5,9H2,1-4H3. The fourth-order valence-electron chi connectivity index (χ4n) is 1.89. The summed E-state index contributed by atoms with van der Waals surface area (Å²) in [6, 6.07) is 5.87. The number of hydrogen-bond donors (Lipinski definition) is 2. The number of benzene rings is 1. The van der Waals surface area contributed by atoms with Crippen LogP contribution in [0.1, 0.15) is 31.9 Å². The van der Waals surface area contributed by atoms with Crippen molar-refractivity contribution < 1.29 is 14.6 Å². The van der Waals surface area contributed by atoms with E-state index in [0.29, 0.717) is 17.5 Å². The molecule has 0 saturated heterocycles. The minimum Gasteiger partial charge on any atom is -0.493 e. The first kappa shape index (κ1) is 14.8. The summed E-state index contributed by atoms with van der Waals surface area (Å²) in [5.74, 6) is 1.36. The molecule has 0 fully saturated rings. The Kier molecular flexibility index (Phi) is 5.95. The van der Waals surface area contributed by atoms with Gasteiger partial charge in [0.2, 0.25) is 0 Å². The first-order chi connectivity index (χ1) is 8.67. The van der Waals surface area contributed by atoms with Crippen LogP contribution in [0.25, 0.3) is 0 Å². The third-order valence-electron chi connectivity index (χ3n) is 3.09. The first-order valence-corrected chi connectivity index (χ1v) is 6.25.